The first-order valence-electron chi connectivity index (χ1n) is 8.93. The molecule has 4 rings (SSSR count). The van der Waals surface area contributed by atoms with E-state index in [0.29, 0.717) is 22.1 Å². The zero-order valence-electron chi connectivity index (χ0n) is 16.0. The minimum Gasteiger partial charge on any atom is -0.493 e. The number of methoxy groups -OCH3 is 2. The molecule has 0 aliphatic rings. The lowest BCUT2D eigenvalue weighted by Crippen LogP contribution is -1.99. The normalized spacial score (nSPS) is 10.6. The van der Waals surface area contributed by atoms with E-state index in [2.05, 4.69) is 10.2 Å². The Bertz CT molecular complexity index is 1170. The number of aromatic amines is 1. The summed E-state index contributed by atoms with van der Waals surface area (Å²) in [5.41, 5.74) is 1.72. The minimum absolute atomic E-state index is 0.492. The Morgan fingerprint density at radius 1 is 0.828 bits per heavy atom. The van der Waals surface area contributed by atoms with Crippen LogP contribution >= 0.6 is 12.2 Å². The first kappa shape index (κ1) is 18.8. The second-order valence-electron chi connectivity index (χ2n) is 6.17. The Kier molecular flexibility index (Phi) is 5.31. The topological polar surface area (TPSA) is 61.3 Å². The molecule has 0 saturated heterocycles. The molecule has 3 aromatic carbocycles. The SMILES string of the molecule is COc1ccc(-c2n[nH]c(=S)n2-c2ccc(Oc3ccccc3)cc2)cc1OC. The predicted molar refractivity (Wildman–Crippen MR) is 114 cm³/mol. The summed E-state index contributed by atoms with van der Waals surface area (Å²) in [6.07, 6.45) is 0. The van der Waals surface area contributed by atoms with Crippen molar-refractivity contribution in [2.24, 2.45) is 0 Å². The van der Waals surface area contributed by atoms with Crippen molar-refractivity contribution in [3.05, 3.63) is 77.6 Å². The van der Waals surface area contributed by atoms with Crippen LogP contribution in [0.25, 0.3) is 17.1 Å². The number of rotatable bonds is 6. The summed E-state index contributed by atoms with van der Waals surface area (Å²) in [5, 5.41) is 7.27. The highest BCUT2D eigenvalue weighted by Gasteiger charge is 2.14. The Morgan fingerprint density at radius 3 is 2.21 bits per heavy atom. The summed E-state index contributed by atoms with van der Waals surface area (Å²) >= 11 is 5.46. The van der Waals surface area contributed by atoms with Crippen LogP contribution in [0.3, 0.4) is 0 Å². The van der Waals surface area contributed by atoms with Crippen molar-refractivity contribution in [3.8, 4) is 40.1 Å². The lowest BCUT2D eigenvalue weighted by atomic mass is 10.2. The monoisotopic (exact) mass is 405 g/mol. The molecule has 0 amide bonds. The molecule has 1 aromatic heterocycles. The highest BCUT2D eigenvalue weighted by atomic mass is 32.1. The van der Waals surface area contributed by atoms with E-state index in [1.165, 1.54) is 0 Å². The molecule has 0 spiro atoms. The molecule has 0 fully saturated rings. The molecule has 6 nitrogen and oxygen atoms in total. The van der Waals surface area contributed by atoms with Gasteiger partial charge >= 0.3 is 0 Å². The first-order chi connectivity index (χ1) is 14.2. The van der Waals surface area contributed by atoms with Crippen molar-refractivity contribution >= 4 is 12.2 Å². The maximum atomic E-state index is 5.86. The van der Waals surface area contributed by atoms with Gasteiger partial charge in [-0.1, -0.05) is 18.2 Å². The van der Waals surface area contributed by atoms with Crippen LogP contribution in [0.5, 0.6) is 23.0 Å². The molecule has 29 heavy (non-hydrogen) atoms. The molecule has 1 N–H and O–H groups in total. The quantitative estimate of drug-likeness (QED) is 0.435. The third-order valence-electron chi connectivity index (χ3n) is 4.39. The maximum absolute atomic E-state index is 5.86. The predicted octanol–water partition coefficient (Wildman–Crippen LogP) is 5.41. The van der Waals surface area contributed by atoms with Crippen molar-refractivity contribution in [2.45, 2.75) is 0 Å². The molecule has 7 heteroatoms. The zero-order valence-corrected chi connectivity index (χ0v) is 16.8. The number of nitrogens with zero attached hydrogens (tertiary/aromatic N) is 2. The highest BCUT2D eigenvalue weighted by Crippen LogP contribution is 2.32. The van der Waals surface area contributed by atoms with Crippen LogP contribution < -0.4 is 14.2 Å². The molecule has 4 aromatic rings. The van der Waals surface area contributed by atoms with E-state index >= 15 is 0 Å². The van der Waals surface area contributed by atoms with E-state index in [0.717, 1.165) is 22.7 Å². The molecule has 0 radical (unpaired) electrons. The Morgan fingerprint density at radius 2 is 1.52 bits per heavy atom. The maximum Gasteiger partial charge on any atom is 0.200 e. The van der Waals surface area contributed by atoms with Gasteiger partial charge in [0.1, 0.15) is 11.5 Å². The van der Waals surface area contributed by atoms with Gasteiger partial charge < -0.3 is 14.2 Å². The van der Waals surface area contributed by atoms with E-state index in [-0.39, 0.29) is 0 Å². The summed E-state index contributed by atoms with van der Waals surface area (Å²) < 4.78 is 18.9. The summed E-state index contributed by atoms with van der Waals surface area (Å²) in [6, 6.07) is 22.9. The van der Waals surface area contributed by atoms with E-state index in [9.17, 15) is 0 Å². The van der Waals surface area contributed by atoms with Gasteiger partial charge in [-0.15, -0.1) is 0 Å². The summed E-state index contributed by atoms with van der Waals surface area (Å²) in [7, 11) is 3.21. The number of para-hydroxylation sites is 1. The number of ether oxygens (including phenoxy) is 3. The van der Waals surface area contributed by atoms with Crippen molar-refractivity contribution in [1.29, 1.82) is 0 Å². The number of hydrogen-bond acceptors (Lipinski definition) is 5. The molecule has 0 aliphatic heterocycles. The van der Waals surface area contributed by atoms with Crippen LogP contribution in [0.2, 0.25) is 0 Å². The van der Waals surface area contributed by atoms with E-state index < -0.39 is 0 Å². The third-order valence-corrected chi connectivity index (χ3v) is 4.66. The summed E-state index contributed by atoms with van der Waals surface area (Å²) in [6.45, 7) is 0. The standard InChI is InChI=1S/C22H19N3O3S/c1-26-19-13-8-15(14-20(19)27-2)21-23-24-22(29)25(21)16-9-11-18(12-10-16)28-17-6-4-3-5-7-17/h3-14H,1-2H3,(H,24,29). The molecule has 0 atom stereocenters. The van der Waals surface area contributed by atoms with Gasteiger partial charge in [-0.3, -0.25) is 9.67 Å². The molecule has 0 aliphatic carbocycles. The molecule has 0 saturated carbocycles. The fraction of sp³-hybridized carbons (Fsp3) is 0.0909. The van der Waals surface area contributed by atoms with Crippen LogP contribution in [0, 0.1) is 4.77 Å². The van der Waals surface area contributed by atoms with Crippen molar-refractivity contribution < 1.29 is 14.2 Å². The largest absolute Gasteiger partial charge is 0.493 e. The Hall–Kier alpha value is -3.58. The zero-order chi connectivity index (χ0) is 20.2. The lowest BCUT2D eigenvalue weighted by Gasteiger charge is -2.11. The molecule has 146 valence electrons. The molecular formula is C22H19N3O3S. The van der Waals surface area contributed by atoms with Gasteiger partial charge in [-0.25, -0.2) is 0 Å². The van der Waals surface area contributed by atoms with E-state index in [1.54, 1.807) is 14.2 Å². The average Bonchev–Trinajstić information content (AvgIpc) is 3.16. The van der Waals surface area contributed by atoms with Gasteiger partial charge in [-0.05, 0) is 66.8 Å². The van der Waals surface area contributed by atoms with E-state index in [1.807, 2.05) is 77.4 Å². The minimum atomic E-state index is 0.492. The van der Waals surface area contributed by atoms with Gasteiger partial charge in [0.05, 0.1) is 19.9 Å². The molecule has 0 unspecified atom stereocenters. The number of benzene rings is 3. The Balaban J connectivity index is 1.68. The van der Waals surface area contributed by atoms with Gasteiger partial charge in [-0.2, -0.15) is 5.10 Å². The molecular weight excluding hydrogens is 386 g/mol. The molecule has 0 bridgehead atoms. The average molecular weight is 405 g/mol. The second kappa shape index (κ2) is 8.20. The lowest BCUT2D eigenvalue weighted by molar-refractivity contribution is 0.355. The third kappa shape index (κ3) is 3.86. The highest BCUT2D eigenvalue weighted by molar-refractivity contribution is 7.71. The fourth-order valence-electron chi connectivity index (χ4n) is 2.99. The number of aromatic nitrogens is 3. The van der Waals surface area contributed by atoms with Crippen molar-refractivity contribution in [2.75, 3.05) is 14.2 Å². The van der Waals surface area contributed by atoms with Crippen LogP contribution in [0.15, 0.2) is 72.8 Å². The summed E-state index contributed by atoms with van der Waals surface area (Å²) in [5.74, 6) is 3.47. The van der Waals surface area contributed by atoms with Crippen LogP contribution in [0.4, 0.5) is 0 Å². The van der Waals surface area contributed by atoms with Gasteiger partial charge in [0, 0.05) is 5.56 Å². The number of H-pyrrole nitrogens is 1. The van der Waals surface area contributed by atoms with Crippen LogP contribution in [0.1, 0.15) is 0 Å². The van der Waals surface area contributed by atoms with E-state index in [4.69, 9.17) is 26.4 Å². The smallest absolute Gasteiger partial charge is 0.200 e. The number of nitrogens with one attached hydrogen (secondary N) is 1. The summed E-state index contributed by atoms with van der Waals surface area (Å²) in [4.78, 5) is 0. The molecule has 1 heterocycles. The fourth-order valence-corrected chi connectivity index (χ4v) is 3.23. The van der Waals surface area contributed by atoms with Crippen molar-refractivity contribution in [3.63, 3.8) is 0 Å². The van der Waals surface area contributed by atoms with Gasteiger partial charge in [0.25, 0.3) is 0 Å². The second-order valence-corrected chi connectivity index (χ2v) is 6.55. The van der Waals surface area contributed by atoms with Crippen LogP contribution in [-0.4, -0.2) is 29.0 Å². The van der Waals surface area contributed by atoms with Crippen LogP contribution in [-0.2, 0) is 0 Å². The first-order valence-corrected chi connectivity index (χ1v) is 9.33. The van der Waals surface area contributed by atoms with Gasteiger partial charge in [0.2, 0.25) is 0 Å². The Labute approximate surface area is 173 Å². The van der Waals surface area contributed by atoms with Gasteiger partial charge in [0.15, 0.2) is 22.1 Å². The van der Waals surface area contributed by atoms with Crippen molar-refractivity contribution in [1.82, 2.24) is 14.8 Å². The number of hydrogen-bond donors (Lipinski definition) is 1.